The maximum atomic E-state index is 4.12. The average molecular weight is 319 g/mol. The van der Waals surface area contributed by atoms with Crippen molar-refractivity contribution in [3.63, 3.8) is 0 Å². The molecule has 2 rings (SSSR count). The topological polar surface area (TPSA) is 43.6 Å². The van der Waals surface area contributed by atoms with Crippen LogP contribution in [-0.2, 0) is 0 Å². The lowest BCUT2D eigenvalue weighted by atomic mass is 9.83. The van der Waals surface area contributed by atoms with Crippen LogP contribution in [0.2, 0.25) is 0 Å². The predicted octanol–water partition coefficient (Wildman–Crippen LogP) is 3.16. The first kappa shape index (κ1) is 13.3. The zero-order valence-electron chi connectivity index (χ0n) is 10.6. The van der Waals surface area contributed by atoms with Crippen molar-refractivity contribution in [2.45, 2.75) is 44.8 Å². The maximum Gasteiger partial charge on any atom is 0.209 e. The van der Waals surface area contributed by atoms with E-state index in [1.807, 2.05) is 4.68 Å². The van der Waals surface area contributed by atoms with Gasteiger partial charge in [-0.1, -0.05) is 48.5 Å². The fraction of sp³-hybridized carbons (Fsp3) is 0.909. The number of hydrogen-bond acceptors (Lipinski definition) is 4. The number of hydrogen-bond donors (Lipinski definition) is 0. The Morgan fingerprint density at radius 1 is 1.47 bits per heavy atom. The summed E-state index contributed by atoms with van der Waals surface area (Å²) in [6.07, 6.45) is 2.44. The summed E-state index contributed by atoms with van der Waals surface area (Å²) >= 11 is 5.38. The minimum absolute atomic E-state index is 0.314. The first-order valence-corrected chi connectivity index (χ1v) is 8.09. The molecule has 1 saturated carbocycles. The van der Waals surface area contributed by atoms with Crippen molar-refractivity contribution < 1.29 is 0 Å². The molecule has 1 aliphatic rings. The van der Waals surface area contributed by atoms with Gasteiger partial charge in [0.25, 0.3) is 0 Å². The van der Waals surface area contributed by atoms with E-state index in [4.69, 9.17) is 0 Å². The van der Waals surface area contributed by atoms with Gasteiger partial charge in [0.05, 0.1) is 6.04 Å². The van der Waals surface area contributed by atoms with E-state index in [1.165, 1.54) is 12.8 Å². The Kier molecular flexibility index (Phi) is 4.13. The summed E-state index contributed by atoms with van der Waals surface area (Å²) in [7, 11) is 0. The van der Waals surface area contributed by atoms with Gasteiger partial charge in [0.2, 0.25) is 5.16 Å². The lowest BCUT2D eigenvalue weighted by Crippen LogP contribution is -2.24. The summed E-state index contributed by atoms with van der Waals surface area (Å²) in [5.74, 6) is 1.68. The highest BCUT2D eigenvalue weighted by molar-refractivity contribution is 9.09. The second kappa shape index (κ2) is 5.26. The normalized spacial score (nSPS) is 18.4. The van der Waals surface area contributed by atoms with Crippen LogP contribution in [-0.4, -0.2) is 31.3 Å². The highest BCUT2D eigenvalue weighted by Gasteiger charge is 2.29. The molecule has 0 amide bonds. The van der Waals surface area contributed by atoms with Crippen LogP contribution in [0.1, 0.15) is 39.7 Å². The lowest BCUT2D eigenvalue weighted by Gasteiger charge is -2.28. The van der Waals surface area contributed by atoms with E-state index in [9.17, 15) is 0 Å². The van der Waals surface area contributed by atoms with Gasteiger partial charge in [-0.15, -0.1) is 5.10 Å². The van der Waals surface area contributed by atoms with Gasteiger partial charge in [-0.2, -0.15) is 0 Å². The molecule has 0 aliphatic heterocycles. The van der Waals surface area contributed by atoms with Crippen LogP contribution in [0.4, 0.5) is 0 Å². The van der Waals surface area contributed by atoms with Gasteiger partial charge in [0.1, 0.15) is 0 Å². The Bertz CT molecular complexity index is 370. The third-order valence-electron chi connectivity index (χ3n) is 3.18. The lowest BCUT2D eigenvalue weighted by molar-refractivity contribution is 0.295. The molecule has 1 aromatic heterocycles. The summed E-state index contributed by atoms with van der Waals surface area (Å²) in [4.78, 5) is 0. The average Bonchev–Trinajstić information content (AvgIpc) is 2.98. The van der Waals surface area contributed by atoms with Crippen molar-refractivity contribution in [3.05, 3.63) is 0 Å². The van der Waals surface area contributed by atoms with Gasteiger partial charge in [-0.25, -0.2) is 4.68 Å². The number of rotatable bonds is 5. The van der Waals surface area contributed by atoms with Crippen LogP contribution < -0.4 is 0 Å². The Labute approximate surface area is 115 Å². The quantitative estimate of drug-likeness (QED) is 0.618. The Balaban J connectivity index is 1.94. The molecule has 0 spiro atoms. The molecule has 1 unspecified atom stereocenters. The standard InChI is InChI=1S/C11H19BrN4S/c1-11(2,3)8(6-12)7-17-10-13-14-15-16(10)9-4-5-9/h8-9H,4-7H2,1-3H3. The van der Waals surface area contributed by atoms with Gasteiger partial charge in [0, 0.05) is 11.1 Å². The molecule has 0 radical (unpaired) electrons. The fourth-order valence-electron chi connectivity index (χ4n) is 1.53. The molecule has 1 fully saturated rings. The van der Waals surface area contributed by atoms with Crippen molar-refractivity contribution >= 4 is 27.7 Å². The van der Waals surface area contributed by atoms with E-state index in [0.29, 0.717) is 17.4 Å². The Morgan fingerprint density at radius 2 is 2.18 bits per heavy atom. The van der Waals surface area contributed by atoms with Crippen LogP contribution in [0, 0.1) is 11.3 Å². The first-order chi connectivity index (χ1) is 8.02. The summed E-state index contributed by atoms with van der Waals surface area (Å²) in [6, 6.07) is 0.560. The van der Waals surface area contributed by atoms with Gasteiger partial charge in [0.15, 0.2) is 0 Å². The van der Waals surface area contributed by atoms with Crippen molar-refractivity contribution in [1.82, 2.24) is 20.2 Å². The monoisotopic (exact) mass is 318 g/mol. The number of halogens is 1. The fourth-order valence-corrected chi connectivity index (χ4v) is 4.41. The predicted molar refractivity (Wildman–Crippen MR) is 73.6 cm³/mol. The smallest absolute Gasteiger partial charge is 0.209 e. The highest BCUT2D eigenvalue weighted by Crippen LogP contribution is 2.38. The third-order valence-corrected chi connectivity index (χ3v) is 5.06. The zero-order chi connectivity index (χ0) is 12.5. The number of alkyl halides is 1. The largest absolute Gasteiger partial charge is 0.217 e. The molecule has 4 nitrogen and oxygen atoms in total. The summed E-state index contributed by atoms with van der Waals surface area (Å²) in [5.41, 5.74) is 0.314. The minimum atomic E-state index is 0.314. The Morgan fingerprint density at radius 3 is 2.71 bits per heavy atom. The van der Waals surface area contributed by atoms with Crippen LogP contribution >= 0.6 is 27.7 Å². The molecular weight excluding hydrogens is 300 g/mol. The molecule has 0 N–H and O–H groups in total. The summed E-state index contributed by atoms with van der Waals surface area (Å²) in [5, 5.41) is 14.0. The molecule has 1 atom stereocenters. The van der Waals surface area contributed by atoms with E-state index in [1.54, 1.807) is 11.8 Å². The SMILES string of the molecule is CC(C)(C)C(CBr)CSc1nnnn1C1CC1. The van der Waals surface area contributed by atoms with E-state index in [0.717, 1.165) is 16.2 Å². The Hall–Kier alpha value is -0.100. The molecule has 96 valence electrons. The van der Waals surface area contributed by atoms with Gasteiger partial charge in [-0.3, -0.25) is 0 Å². The van der Waals surface area contributed by atoms with E-state index in [2.05, 4.69) is 52.2 Å². The zero-order valence-corrected chi connectivity index (χ0v) is 13.0. The number of tetrazole rings is 1. The molecular formula is C11H19BrN4S. The van der Waals surface area contributed by atoms with Crippen LogP contribution in [0.5, 0.6) is 0 Å². The van der Waals surface area contributed by atoms with Gasteiger partial charge < -0.3 is 0 Å². The van der Waals surface area contributed by atoms with Crippen molar-refractivity contribution in [2.75, 3.05) is 11.1 Å². The van der Waals surface area contributed by atoms with Crippen molar-refractivity contribution in [1.29, 1.82) is 0 Å². The van der Waals surface area contributed by atoms with E-state index >= 15 is 0 Å². The van der Waals surface area contributed by atoms with Crippen LogP contribution in [0.25, 0.3) is 0 Å². The number of aromatic nitrogens is 4. The third kappa shape index (κ3) is 3.44. The number of thioether (sulfide) groups is 1. The molecule has 0 saturated heterocycles. The molecule has 1 aliphatic carbocycles. The molecule has 1 heterocycles. The van der Waals surface area contributed by atoms with Gasteiger partial charge >= 0.3 is 0 Å². The first-order valence-electron chi connectivity index (χ1n) is 5.99. The molecule has 6 heteroatoms. The summed E-state index contributed by atoms with van der Waals surface area (Å²) in [6.45, 7) is 6.84. The minimum Gasteiger partial charge on any atom is -0.217 e. The van der Waals surface area contributed by atoms with Crippen molar-refractivity contribution in [2.24, 2.45) is 11.3 Å². The van der Waals surface area contributed by atoms with Crippen LogP contribution in [0.15, 0.2) is 5.16 Å². The second-order valence-electron chi connectivity index (χ2n) is 5.67. The van der Waals surface area contributed by atoms with Gasteiger partial charge in [-0.05, 0) is 34.6 Å². The second-order valence-corrected chi connectivity index (χ2v) is 7.30. The highest BCUT2D eigenvalue weighted by atomic mass is 79.9. The molecule has 1 aromatic rings. The van der Waals surface area contributed by atoms with Crippen molar-refractivity contribution in [3.8, 4) is 0 Å². The van der Waals surface area contributed by atoms with E-state index < -0.39 is 0 Å². The number of nitrogens with zero attached hydrogens (tertiary/aromatic N) is 4. The van der Waals surface area contributed by atoms with Crippen LogP contribution in [0.3, 0.4) is 0 Å². The summed E-state index contributed by atoms with van der Waals surface area (Å²) < 4.78 is 1.98. The molecule has 17 heavy (non-hydrogen) atoms. The van der Waals surface area contributed by atoms with E-state index in [-0.39, 0.29) is 0 Å². The molecule has 0 bridgehead atoms. The molecule has 0 aromatic carbocycles. The maximum absolute atomic E-state index is 4.12.